The minimum Gasteiger partial charge on any atom is -0.497 e. The van der Waals surface area contributed by atoms with Crippen LogP contribution in [0.2, 0.25) is 0 Å². The SMILES string of the molecule is CCC(C)Oc1c(/C=C(\C#N)C(=O)Nc2cccc(OC)c2)cccc1OC. The lowest BCUT2D eigenvalue weighted by molar-refractivity contribution is -0.112. The van der Waals surface area contributed by atoms with Gasteiger partial charge in [-0.05, 0) is 37.6 Å². The number of benzene rings is 2. The Kier molecular flexibility index (Phi) is 7.46. The summed E-state index contributed by atoms with van der Waals surface area (Å²) >= 11 is 0. The topological polar surface area (TPSA) is 80.6 Å². The van der Waals surface area contributed by atoms with Crippen LogP contribution in [0.25, 0.3) is 6.08 Å². The monoisotopic (exact) mass is 380 g/mol. The first-order chi connectivity index (χ1) is 13.5. The average molecular weight is 380 g/mol. The Balaban J connectivity index is 2.35. The molecule has 0 saturated heterocycles. The van der Waals surface area contributed by atoms with Gasteiger partial charge in [-0.25, -0.2) is 0 Å². The summed E-state index contributed by atoms with van der Waals surface area (Å²) in [5.41, 5.74) is 1.08. The van der Waals surface area contributed by atoms with E-state index in [0.29, 0.717) is 28.5 Å². The van der Waals surface area contributed by atoms with Gasteiger partial charge in [-0.15, -0.1) is 0 Å². The molecule has 2 aromatic rings. The molecule has 0 aliphatic rings. The van der Waals surface area contributed by atoms with Crippen molar-refractivity contribution < 1.29 is 19.0 Å². The van der Waals surface area contributed by atoms with Crippen LogP contribution in [0.5, 0.6) is 17.2 Å². The Morgan fingerprint density at radius 2 is 1.96 bits per heavy atom. The Hall–Kier alpha value is -3.46. The molecule has 2 aromatic carbocycles. The molecule has 6 heteroatoms. The molecule has 2 rings (SSSR count). The number of amides is 1. The molecule has 0 spiro atoms. The Bertz CT molecular complexity index is 900. The zero-order valence-corrected chi connectivity index (χ0v) is 16.5. The van der Waals surface area contributed by atoms with E-state index in [4.69, 9.17) is 14.2 Å². The van der Waals surface area contributed by atoms with E-state index < -0.39 is 5.91 Å². The van der Waals surface area contributed by atoms with Crippen molar-refractivity contribution in [2.75, 3.05) is 19.5 Å². The van der Waals surface area contributed by atoms with Crippen molar-refractivity contribution in [2.45, 2.75) is 26.4 Å². The van der Waals surface area contributed by atoms with Gasteiger partial charge in [0.25, 0.3) is 5.91 Å². The number of hydrogen-bond acceptors (Lipinski definition) is 5. The van der Waals surface area contributed by atoms with Crippen LogP contribution in [0, 0.1) is 11.3 Å². The Labute approximate surface area is 165 Å². The highest BCUT2D eigenvalue weighted by atomic mass is 16.5. The van der Waals surface area contributed by atoms with Gasteiger partial charge < -0.3 is 19.5 Å². The molecular weight excluding hydrogens is 356 g/mol. The summed E-state index contributed by atoms with van der Waals surface area (Å²) in [6, 6.07) is 14.2. The number of methoxy groups -OCH3 is 2. The first-order valence-electron chi connectivity index (χ1n) is 8.93. The molecule has 1 amide bonds. The lowest BCUT2D eigenvalue weighted by Crippen LogP contribution is -2.14. The number of anilines is 1. The standard InChI is InChI=1S/C22H24N2O4/c1-5-15(2)28-21-16(8-6-11-20(21)27-4)12-17(14-23)22(25)24-18-9-7-10-19(13-18)26-3/h6-13,15H,5H2,1-4H3,(H,24,25)/b17-12+. The predicted octanol–water partition coefficient (Wildman–Crippen LogP) is 4.43. The fourth-order valence-electron chi connectivity index (χ4n) is 2.42. The van der Waals surface area contributed by atoms with Crippen molar-refractivity contribution >= 4 is 17.7 Å². The summed E-state index contributed by atoms with van der Waals surface area (Å²) in [5, 5.41) is 12.2. The smallest absolute Gasteiger partial charge is 0.266 e. The van der Waals surface area contributed by atoms with Crippen LogP contribution in [0.15, 0.2) is 48.0 Å². The van der Waals surface area contributed by atoms with Gasteiger partial charge in [0.15, 0.2) is 11.5 Å². The van der Waals surface area contributed by atoms with E-state index in [9.17, 15) is 10.1 Å². The Morgan fingerprint density at radius 3 is 2.61 bits per heavy atom. The van der Waals surface area contributed by atoms with E-state index in [0.717, 1.165) is 6.42 Å². The summed E-state index contributed by atoms with van der Waals surface area (Å²) in [5.74, 6) is 1.13. The summed E-state index contributed by atoms with van der Waals surface area (Å²) < 4.78 is 16.5. The summed E-state index contributed by atoms with van der Waals surface area (Å²) in [7, 11) is 3.09. The number of nitrogens with zero attached hydrogens (tertiary/aromatic N) is 1. The summed E-state index contributed by atoms with van der Waals surface area (Å²) in [4.78, 5) is 12.6. The molecular formula is C22H24N2O4. The van der Waals surface area contributed by atoms with Gasteiger partial charge in [0.1, 0.15) is 17.4 Å². The summed E-state index contributed by atoms with van der Waals surface area (Å²) in [6.07, 6.45) is 2.26. The molecule has 0 aliphatic heterocycles. The van der Waals surface area contributed by atoms with Crippen molar-refractivity contribution in [3.8, 4) is 23.3 Å². The van der Waals surface area contributed by atoms with Crippen LogP contribution in [0.4, 0.5) is 5.69 Å². The van der Waals surface area contributed by atoms with Crippen molar-refractivity contribution in [3.05, 3.63) is 53.6 Å². The molecule has 0 bridgehead atoms. The van der Waals surface area contributed by atoms with Crippen LogP contribution < -0.4 is 19.5 Å². The van der Waals surface area contributed by atoms with Gasteiger partial charge in [0.2, 0.25) is 0 Å². The van der Waals surface area contributed by atoms with Crippen LogP contribution >= 0.6 is 0 Å². The molecule has 0 heterocycles. The molecule has 0 radical (unpaired) electrons. The average Bonchev–Trinajstić information content (AvgIpc) is 2.72. The maximum absolute atomic E-state index is 12.6. The van der Waals surface area contributed by atoms with Gasteiger partial charge in [-0.2, -0.15) is 5.26 Å². The van der Waals surface area contributed by atoms with E-state index in [2.05, 4.69) is 5.32 Å². The van der Waals surface area contributed by atoms with Crippen LogP contribution in [0.1, 0.15) is 25.8 Å². The van der Waals surface area contributed by atoms with Gasteiger partial charge >= 0.3 is 0 Å². The van der Waals surface area contributed by atoms with Gasteiger partial charge in [0.05, 0.1) is 20.3 Å². The third-order valence-corrected chi connectivity index (χ3v) is 4.12. The number of nitrogens with one attached hydrogen (secondary N) is 1. The minimum absolute atomic E-state index is 0.0420. The van der Waals surface area contributed by atoms with Crippen LogP contribution in [0.3, 0.4) is 0 Å². The van der Waals surface area contributed by atoms with Crippen molar-refractivity contribution in [2.24, 2.45) is 0 Å². The van der Waals surface area contributed by atoms with Crippen molar-refractivity contribution in [1.29, 1.82) is 5.26 Å². The van der Waals surface area contributed by atoms with Gasteiger partial charge in [-0.3, -0.25) is 4.79 Å². The van der Waals surface area contributed by atoms with E-state index in [1.54, 1.807) is 56.7 Å². The summed E-state index contributed by atoms with van der Waals surface area (Å²) in [6.45, 7) is 3.96. The minimum atomic E-state index is -0.520. The normalized spacial score (nSPS) is 11.9. The highest BCUT2D eigenvalue weighted by Gasteiger charge is 2.16. The van der Waals surface area contributed by atoms with E-state index in [1.165, 1.54) is 6.08 Å². The maximum Gasteiger partial charge on any atom is 0.266 e. The van der Waals surface area contributed by atoms with E-state index >= 15 is 0 Å². The van der Waals surface area contributed by atoms with E-state index in [1.807, 2.05) is 19.9 Å². The molecule has 28 heavy (non-hydrogen) atoms. The number of carbonyl (C=O) groups excluding carboxylic acids is 1. The molecule has 1 N–H and O–H groups in total. The number of nitriles is 1. The second kappa shape index (κ2) is 10.0. The highest BCUT2D eigenvalue weighted by molar-refractivity contribution is 6.10. The van der Waals surface area contributed by atoms with Crippen molar-refractivity contribution in [3.63, 3.8) is 0 Å². The first kappa shape index (κ1) is 20.8. The lowest BCUT2D eigenvalue weighted by Gasteiger charge is -2.17. The molecule has 1 unspecified atom stereocenters. The number of carbonyl (C=O) groups is 1. The van der Waals surface area contributed by atoms with Crippen LogP contribution in [-0.4, -0.2) is 26.2 Å². The highest BCUT2D eigenvalue weighted by Crippen LogP contribution is 2.34. The second-order valence-electron chi connectivity index (χ2n) is 6.07. The predicted molar refractivity (Wildman–Crippen MR) is 109 cm³/mol. The largest absolute Gasteiger partial charge is 0.497 e. The number of ether oxygens (including phenoxy) is 3. The number of para-hydroxylation sites is 1. The van der Waals surface area contributed by atoms with Gasteiger partial charge in [-0.1, -0.05) is 25.1 Å². The zero-order valence-electron chi connectivity index (χ0n) is 16.5. The number of hydrogen-bond donors (Lipinski definition) is 1. The lowest BCUT2D eigenvalue weighted by atomic mass is 10.1. The van der Waals surface area contributed by atoms with Gasteiger partial charge in [0, 0.05) is 17.3 Å². The molecule has 6 nitrogen and oxygen atoms in total. The molecule has 1 atom stereocenters. The maximum atomic E-state index is 12.6. The third kappa shape index (κ3) is 5.27. The zero-order chi connectivity index (χ0) is 20.5. The molecule has 0 fully saturated rings. The molecule has 0 aromatic heterocycles. The van der Waals surface area contributed by atoms with E-state index in [-0.39, 0.29) is 11.7 Å². The Morgan fingerprint density at radius 1 is 1.21 bits per heavy atom. The fraction of sp³-hybridized carbons (Fsp3) is 0.273. The molecule has 146 valence electrons. The third-order valence-electron chi connectivity index (χ3n) is 4.12. The van der Waals surface area contributed by atoms with Crippen LogP contribution in [-0.2, 0) is 4.79 Å². The fourth-order valence-corrected chi connectivity index (χ4v) is 2.42. The quantitative estimate of drug-likeness (QED) is 0.541. The first-order valence-corrected chi connectivity index (χ1v) is 8.93. The van der Waals surface area contributed by atoms with Crippen molar-refractivity contribution in [1.82, 2.24) is 0 Å². The second-order valence-corrected chi connectivity index (χ2v) is 6.07. The number of rotatable bonds is 8. The molecule has 0 saturated carbocycles. The molecule has 0 aliphatic carbocycles.